The Bertz CT molecular complexity index is 276. The molecule has 0 radical (unpaired) electrons. The smallest absolute Gasteiger partial charge is 0.339 e. The molecule has 13 heavy (non-hydrogen) atoms. The maximum absolute atomic E-state index is 10.5. The van der Waals surface area contributed by atoms with Crippen molar-refractivity contribution in [3.8, 4) is 5.75 Å². The second-order valence-electron chi connectivity index (χ2n) is 2.01. The summed E-state index contributed by atoms with van der Waals surface area (Å²) < 4.78 is 4.83. The van der Waals surface area contributed by atoms with Crippen LogP contribution in [0.1, 0.15) is 10.4 Å². The van der Waals surface area contributed by atoms with E-state index in [0.29, 0.717) is 5.75 Å². The van der Waals surface area contributed by atoms with Crippen LogP contribution in [0.4, 0.5) is 0 Å². The molecule has 0 amide bonds. The van der Waals surface area contributed by atoms with Crippen molar-refractivity contribution in [3.63, 3.8) is 0 Å². The molecule has 74 valence electrons. The molecule has 0 heterocycles. The fourth-order valence-electron chi connectivity index (χ4n) is 0.821. The lowest BCUT2D eigenvalue weighted by Crippen LogP contribution is -1.99. The minimum atomic E-state index is -0.970. The van der Waals surface area contributed by atoms with Gasteiger partial charge in [0.1, 0.15) is 11.3 Å². The molecule has 3 nitrogen and oxygen atoms in total. The summed E-state index contributed by atoms with van der Waals surface area (Å²) in [5, 5.41) is 8.62. The number of carboxylic acids is 1. The van der Waals surface area contributed by atoms with E-state index in [9.17, 15) is 4.79 Å². The first-order valence-electron chi connectivity index (χ1n) is 3.12. The number of rotatable bonds is 2. The van der Waals surface area contributed by atoms with Gasteiger partial charge in [-0.05, 0) is 12.1 Å². The lowest BCUT2D eigenvalue weighted by atomic mass is 10.2. The van der Waals surface area contributed by atoms with E-state index in [1.165, 1.54) is 13.2 Å². The molecule has 0 unspecified atom stereocenters. The third-order valence-electron chi connectivity index (χ3n) is 1.34. The molecule has 1 aromatic rings. The highest BCUT2D eigenvalue weighted by Crippen LogP contribution is 2.16. The first-order valence-corrected chi connectivity index (χ1v) is 3.12. The number of benzene rings is 1. The molecule has 1 aromatic carbocycles. The zero-order valence-electron chi connectivity index (χ0n) is 6.89. The van der Waals surface area contributed by atoms with Crippen LogP contribution in [0, 0.1) is 0 Å². The number of carboxylic acid groups (broad SMARTS) is 1. The van der Waals surface area contributed by atoms with Crippen molar-refractivity contribution < 1.29 is 14.6 Å². The second kappa shape index (κ2) is 6.57. The van der Waals surface area contributed by atoms with E-state index in [4.69, 9.17) is 9.84 Å². The number of para-hydroxylation sites is 1. The Balaban J connectivity index is 0. The van der Waals surface area contributed by atoms with Gasteiger partial charge in [0.15, 0.2) is 0 Å². The van der Waals surface area contributed by atoms with Gasteiger partial charge >= 0.3 is 5.97 Å². The van der Waals surface area contributed by atoms with Crippen LogP contribution in [0.5, 0.6) is 5.75 Å². The van der Waals surface area contributed by atoms with Crippen molar-refractivity contribution in [2.75, 3.05) is 7.11 Å². The van der Waals surface area contributed by atoms with E-state index in [1.54, 1.807) is 18.2 Å². The molecule has 0 aromatic heterocycles. The van der Waals surface area contributed by atoms with Crippen LogP contribution in [0.15, 0.2) is 24.3 Å². The molecule has 0 saturated carbocycles. The number of methoxy groups -OCH3 is 1. The van der Waals surface area contributed by atoms with E-state index < -0.39 is 5.97 Å². The molecule has 0 atom stereocenters. The Kier molecular flexibility index (Phi) is 7.37. The van der Waals surface area contributed by atoms with Crippen molar-refractivity contribution >= 4 is 30.8 Å². The second-order valence-corrected chi connectivity index (χ2v) is 2.01. The van der Waals surface area contributed by atoms with Gasteiger partial charge in [-0.2, -0.15) is 0 Å². The Labute approximate surface area is 88.5 Å². The van der Waals surface area contributed by atoms with Gasteiger partial charge in [-0.15, -0.1) is 24.8 Å². The number of aromatic carboxylic acids is 1. The molecule has 0 aliphatic carbocycles. The van der Waals surface area contributed by atoms with Gasteiger partial charge in [0, 0.05) is 0 Å². The van der Waals surface area contributed by atoms with E-state index in [2.05, 4.69) is 0 Å². The predicted octanol–water partition coefficient (Wildman–Crippen LogP) is 2.24. The van der Waals surface area contributed by atoms with E-state index in [-0.39, 0.29) is 30.4 Å². The van der Waals surface area contributed by atoms with Gasteiger partial charge in [0.25, 0.3) is 0 Å². The average Bonchev–Trinajstić information content (AvgIpc) is 2.04. The minimum Gasteiger partial charge on any atom is -0.496 e. The monoisotopic (exact) mass is 224 g/mol. The molecule has 0 bridgehead atoms. The molecule has 1 N–H and O–H groups in total. The van der Waals surface area contributed by atoms with Gasteiger partial charge in [-0.25, -0.2) is 4.79 Å². The van der Waals surface area contributed by atoms with Crippen molar-refractivity contribution in [1.82, 2.24) is 0 Å². The highest BCUT2D eigenvalue weighted by Gasteiger charge is 2.07. The van der Waals surface area contributed by atoms with Crippen LogP contribution in [0.2, 0.25) is 0 Å². The summed E-state index contributed by atoms with van der Waals surface area (Å²) in [7, 11) is 1.45. The maximum Gasteiger partial charge on any atom is 0.339 e. The number of halogens is 2. The largest absolute Gasteiger partial charge is 0.496 e. The minimum absolute atomic E-state index is 0. The summed E-state index contributed by atoms with van der Waals surface area (Å²) in [6.45, 7) is 0. The molecular weight excluding hydrogens is 215 g/mol. The Hall–Kier alpha value is -0.930. The quantitative estimate of drug-likeness (QED) is 0.839. The SMILES string of the molecule is COc1ccccc1C(=O)O.Cl.Cl. The predicted molar refractivity (Wildman–Crippen MR) is 54.4 cm³/mol. The molecule has 0 aliphatic heterocycles. The van der Waals surface area contributed by atoms with Crippen LogP contribution in [-0.4, -0.2) is 18.2 Å². The average molecular weight is 225 g/mol. The first-order chi connectivity index (χ1) is 5.25. The number of hydrogen-bond donors (Lipinski definition) is 1. The number of ether oxygens (including phenoxy) is 1. The van der Waals surface area contributed by atoms with Crippen molar-refractivity contribution in [1.29, 1.82) is 0 Å². The number of hydrogen-bond acceptors (Lipinski definition) is 2. The molecule has 5 heteroatoms. The zero-order chi connectivity index (χ0) is 8.27. The first kappa shape index (κ1) is 14.6. The topological polar surface area (TPSA) is 46.5 Å². The maximum atomic E-state index is 10.5. The van der Waals surface area contributed by atoms with Crippen LogP contribution >= 0.6 is 24.8 Å². The zero-order valence-corrected chi connectivity index (χ0v) is 8.52. The summed E-state index contributed by atoms with van der Waals surface area (Å²) in [5.74, 6) is -0.581. The van der Waals surface area contributed by atoms with E-state index in [0.717, 1.165) is 0 Å². The van der Waals surface area contributed by atoms with E-state index >= 15 is 0 Å². The third-order valence-corrected chi connectivity index (χ3v) is 1.34. The van der Waals surface area contributed by atoms with Gasteiger partial charge in [0.2, 0.25) is 0 Å². The summed E-state index contributed by atoms with van der Waals surface area (Å²) in [4.78, 5) is 10.5. The Morgan fingerprint density at radius 2 is 1.85 bits per heavy atom. The molecule has 0 fully saturated rings. The van der Waals surface area contributed by atoms with Gasteiger partial charge in [-0.3, -0.25) is 0 Å². The fourth-order valence-corrected chi connectivity index (χ4v) is 0.821. The molecular formula is C8H10Cl2O3. The third kappa shape index (κ3) is 3.53. The highest BCUT2D eigenvalue weighted by atomic mass is 35.5. The Morgan fingerprint density at radius 3 is 2.23 bits per heavy atom. The van der Waals surface area contributed by atoms with E-state index in [1.807, 2.05) is 0 Å². The summed E-state index contributed by atoms with van der Waals surface area (Å²) >= 11 is 0. The van der Waals surface area contributed by atoms with Gasteiger partial charge in [-0.1, -0.05) is 12.1 Å². The lowest BCUT2D eigenvalue weighted by molar-refractivity contribution is 0.0693. The number of carbonyl (C=O) groups is 1. The summed E-state index contributed by atoms with van der Waals surface area (Å²) in [6.07, 6.45) is 0. The molecule has 0 spiro atoms. The normalized spacial score (nSPS) is 7.77. The fraction of sp³-hybridized carbons (Fsp3) is 0.125. The summed E-state index contributed by atoms with van der Waals surface area (Å²) in [6, 6.07) is 6.50. The van der Waals surface area contributed by atoms with Crippen molar-refractivity contribution in [3.05, 3.63) is 29.8 Å². The highest BCUT2D eigenvalue weighted by molar-refractivity contribution is 5.90. The van der Waals surface area contributed by atoms with Crippen molar-refractivity contribution in [2.45, 2.75) is 0 Å². The van der Waals surface area contributed by atoms with Gasteiger partial charge < -0.3 is 9.84 Å². The molecule has 0 saturated heterocycles. The lowest BCUT2D eigenvalue weighted by Gasteiger charge is -2.01. The molecule has 0 aliphatic rings. The van der Waals surface area contributed by atoms with Crippen molar-refractivity contribution in [2.24, 2.45) is 0 Å². The van der Waals surface area contributed by atoms with Gasteiger partial charge in [0.05, 0.1) is 7.11 Å². The van der Waals surface area contributed by atoms with Crippen LogP contribution in [-0.2, 0) is 0 Å². The van der Waals surface area contributed by atoms with Crippen LogP contribution in [0.3, 0.4) is 0 Å². The molecule has 1 rings (SSSR count). The van der Waals surface area contributed by atoms with Crippen LogP contribution < -0.4 is 4.74 Å². The van der Waals surface area contributed by atoms with Crippen LogP contribution in [0.25, 0.3) is 0 Å². The summed E-state index contributed by atoms with van der Waals surface area (Å²) in [5.41, 5.74) is 0.190. The Morgan fingerprint density at radius 1 is 1.31 bits per heavy atom. The standard InChI is InChI=1S/C8H8O3.2ClH/c1-11-7-5-3-2-4-6(7)8(9)10;;/h2-5H,1H3,(H,9,10);2*1H.